The fraction of sp³-hybridized carbons (Fsp3) is 0.231. The highest BCUT2D eigenvalue weighted by Gasteiger charge is 2.08. The first kappa shape index (κ1) is 12.0. The zero-order valence-electron chi connectivity index (χ0n) is 9.77. The molecule has 0 spiro atoms. The zero-order valence-corrected chi connectivity index (χ0v) is 10.6. The topological polar surface area (TPSA) is 39.2 Å². The summed E-state index contributed by atoms with van der Waals surface area (Å²) in [5.74, 6) is 0.000506. The average Bonchev–Trinajstić information content (AvgIpc) is 2.79. The third-order valence-corrected chi connectivity index (χ3v) is 3.24. The van der Waals surface area contributed by atoms with Crippen LogP contribution in [0.5, 0.6) is 0 Å². The van der Waals surface area contributed by atoms with E-state index in [-0.39, 0.29) is 5.78 Å². The second-order valence-corrected chi connectivity index (χ2v) is 4.59. The van der Waals surface area contributed by atoms with Gasteiger partial charge in [-0.2, -0.15) is 0 Å². The summed E-state index contributed by atoms with van der Waals surface area (Å²) in [6.07, 6.45) is 0. The van der Waals surface area contributed by atoms with Gasteiger partial charge in [-0.05, 0) is 11.6 Å². The molecule has 0 fully saturated rings. The van der Waals surface area contributed by atoms with Gasteiger partial charge in [0.25, 0.3) is 0 Å². The predicted molar refractivity (Wildman–Crippen MR) is 68.3 cm³/mol. The summed E-state index contributed by atoms with van der Waals surface area (Å²) in [6.45, 7) is 2.11. The normalized spacial score (nSPS) is 10.5. The van der Waals surface area contributed by atoms with Crippen LogP contribution in [0.15, 0.2) is 29.6 Å². The minimum absolute atomic E-state index is 0.000506. The molecule has 1 aromatic carbocycles. The molecule has 1 heterocycles. The summed E-state index contributed by atoms with van der Waals surface area (Å²) in [5.41, 5.74) is 2.66. The first-order valence-corrected chi connectivity index (χ1v) is 6.13. The van der Waals surface area contributed by atoms with Gasteiger partial charge in [0.15, 0.2) is 5.78 Å². The number of methoxy groups -OCH3 is 1. The lowest BCUT2D eigenvalue weighted by Crippen LogP contribution is -1.92. The Balaban J connectivity index is 2.31. The summed E-state index contributed by atoms with van der Waals surface area (Å²) in [5, 5.41) is 2.66. The number of thiazole rings is 1. The smallest absolute Gasteiger partial charge is 0.178 e. The molecule has 0 N–H and O–H groups in total. The Morgan fingerprint density at radius 3 is 2.94 bits per heavy atom. The lowest BCUT2D eigenvalue weighted by Gasteiger charge is -2.01. The molecule has 0 atom stereocenters. The van der Waals surface area contributed by atoms with Gasteiger partial charge in [0.1, 0.15) is 10.7 Å². The lowest BCUT2D eigenvalue weighted by atomic mass is 10.1. The van der Waals surface area contributed by atoms with Gasteiger partial charge in [0.05, 0.1) is 6.61 Å². The van der Waals surface area contributed by atoms with Gasteiger partial charge in [-0.1, -0.05) is 18.2 Å². The van der Waals surface area contributed by atoms with Crippen molar-refractivity contribution >= 4 is 17.1 Å². The largest absolute Gasteiger partial charge is 0.380 e. The van der Waals surface area contributed by atoms with Crippen molar-refractivity contribution in [3.05, 3.63) is 40.9 Å². The van der Waals surface area contributed by atoms with Crippen molar-refractivity contribution in [2.24, 2.45) is 0 Å². The minimum Gasteiger partial charge on any atom is -0.380 e. The second kappa shape index (κ2) is 5.21. The molecule has 17 heavy (non-hydrogen) atoms. The number of benzene rings is 1. The molecule has 88 valence electrons. The van der Waals surface area contributed by atoms with Crippen molar-refractivity contribution in [2.75, 3.05) is 7.11 Å². The Kier molecular flexibility index (Phi) is 3.66. The number of carbonyl (C=O) groups excluding carboxylic acids is 1. The number of ketones is 1. The van der Waals surface area contributed by atoms with Crippen LogP contribution >= 0.6 is 11.3 Å². The highest BCUT2D eigenvalue weighted by molar-refractivity contribution is 7.13. The maximum atomic E-state index is 11.2. The standard InChI is InChI=1S/C13H13NO2S/c1-9(15)12-8-17-13(14-12)11-5-3-4-10(6-11)7-16-2/h3-6,8H,7H2,1-2H3. The van der Waals surface area contributed by atoms with E-state index in [2.05, 4.69) is 4.98 Å². The molecule has 3 nitrogen and oxygen atoms in total. The molecule has 0 saturated heterocycles. The third kappa shape index (κ3) is 2.78. The molecule has 2 aromatic rings. The van der Waals surface area contributed by atoms with Crippen LogP contribution in [-0.2, 0) is 11.3 Å². The van der Waals surface area contributed by atoms with Gasteiger partial charge in [0, 0.05) is 25.0 Å². The van der Waals surface area contributed by atoms with Crippen LogP contribution in [0.2, 0.25) is 0 Å². The molecule has 0 unspecified atom stereocenters. The molecule has 2 rings (SSSR count). The summed E-state index contributed by atoms with van der Waals surface area (Å²) >= 11 is 1.49. The van der Waals surface area contributed by atoms with E-state index < -0.39 is 0 Å². The number of ether oxygens (including phenoxy) is 1. The van der Waals surface area contributed by atoms with Crippen LogP contribution in [0.25, 0.3) is 10.6 Å². The number of hydrogen-bond donors (Lipinski definition) is 0. The van der Waals surface area contributed by atoms with E-state index in [1.54, 1.807) is 12.5 Å². The van der Waals surface area contributed by atoms with E-state index in [1.807, 2.05) is 24.3 Å². The first-order chi connectivity index (χ1) is 8.20. The van der Waals surface area contributed by atoms with Gasteiger partial charge in [-0.15, -0.1) is 11.3 Å². The summed E-state index contributed by atoms with van der Waals surface area (Å²) in [6, 6.07) is 8.00. The van der Waals surface area contributed by atoms with Crippen LogP contribution in [0, 0.1) is 0 Å². The summed E-state index contributed by atoms with van der Waals surface area (Å²) < 4.78 is 5.09. The van der Waals surface area contributed by atoms with E-state index >= 15 is 0 Å². The van der Waals surface area contributed by atoms with Crippen molar-refractivity contribution in [1.29, 1.82) is 0 Å². The van der Waals surface area contributed by atoms with Crippen molar-refractivity contribution in [3.63, 3.8) is 0 Å². The number of hydrogen-bond acceptors (Lipinski definition) is 4. The SMILES string of the molecule is COCc1cccc(-c2nc(C(C)=O)cs2)c1. The van der Waals surface area contributed by atoms with E-state index in [9.17, 15) is 4.79 Å². The van der Waals surface area contributed by atoms with Gasteiger partial charge in [-0.3, -0.25) is 4.79 Å². The predicted octanol–water partition coefficient (Wildman–Crippen LogP) is 3.16. The number of rotatable bonds is 4. The molecule has 1 aromatic heterocycles. The second-order valence-electron chi connectivity index (χ2n) is 3.73. The number of aromatic nitrogens is 1. The highest BCUT2D eigenvalue weighted by atomic mass is 32.1. The average molecular weight is 247 g/mol. The van der Waals surface area contributed by atoms with Crippen LogP contribution < -0.4 is 0 Å². The molecule has 0 aliphatic carbocycles. The first-order valence-electron chi connectivity index (χ1n) is 5.25. The van der Waals surface area contributed by atoms with Crippen molar-refractivity contribution < 1.29 is 9.53 Å². The van der Waals surface area contributed by atoms with Crippen LogP contribution in [-0.4, -0.2) is 17.9 Å². The molecule has 0 saturated carbocycles. The fourth-order valence-corrected chi connectivity index (χ4v) is 2.38. The van der Waals surface area contributed by atoms with Gasteiger partial charge < -0.3 is 4.74 Å². The molecule has 0 radical (unpaired) electrons. The third-order valence-electron chi connectivity index (χ3n) is 2.35. The minimum atomic E-state index is 0.000506. The Morgan fingerprint density at radius 1 is 1.47 bits per heavy atom. The van der Waals surface area contributed by atoms with Crippen molar-refractivity contribution in [2.45, 2.75) is 13.5 Å². The zero-order chi connectivity index (χ0) is 12.3. The quantitative estimate of drug-likeness (QED) is 0.779. The fourth-order valence-electron chi connectivity index (χ4n) is 1.53. The molecule has 4 heteroatoms. The maximum Gasteiger partial charge on any atom is 0.178 e. The summed E-state index contributed by atoms with van der Waals surface area (Å²) in [4.78, 5) is 15.5. The maximum absolute atomic E-state index is 11.2. The van der Waals surface area contributed by atoms with Crippen LogP contribution in [0.1, 0.15) is 23.0 Å². The van der Waals surface area contributed by atoms with Gasteiger partial charge in [-0.25, -0.2) is 4.98 Å². The summed E-state index contributed by atoms with van der Waals surface area (Å²) in [7, 11) is 1.67. The molecule has 0 aliphatic heterocycles. The van der Waals surface area contributed by atoms with Crippen LogP contribution in [0.4, 0.5) is 0 Å². The molecular weight excluding hydrogens is 234 g/mol. The van der Waals surface area contributed by atoms with E-state index in [0.717, 1.165) is 16.1 Å². The molecule has 0 aliphatic rings. The van der Waals surface area contributed by atoms with Crippen molar-refractivity contribution in [3.8, 4) is 10.6 Å². The molecule has 0 bridgehead atoms. The van der Waals surface area contributed by atoms with Crippen molar-refractivity contribution in [1.82, 2.24) is 4.98 Å². The molecular formula is C13H13NO2S. The number of Topliss-reactive ketones (excluding diaryl/α,β-unsaturated/α-hetero) is 1. The van der Waals surface area contributed by atoms with E-state index in [0.29, 0.717) is 12.3 Å². The Labute approximate surface area is 104 Å². The van der Waals surface area contributed by atoms with Gasteiger partial charge >= 0.3 is 0 Å². The van der Waals surface area contributed by atoms with E-state index in [1.165, 1.54) is 18.3 Å². The number of nitrogens with zero attached hydrogens (tertiary/aromatic N) is 1. The highest BCUT2D eigenvalue weighted by Crippen LogP contribution is 2.24. The Hall–Kier alpha value is -1.52. The Morgan fingerprint density at radius 2 is 2.29 bits per heavy atom. The Bertz CT molecular complexity index is 534. The van der Waals surface area contributed by atoms with Crippen LogP contribution in [0.3, 0.4) is 0 Å². The molecule has 0 amide bonds. The number of carbonyl (C=O) groups is 1. The van der Waals surface area contributed by atoms with E-state index in [4.69, 9.17) is 4.74 Å². The monoisotopic (exact) mass is 247 g/mol. The van der Waals surface area contributed by atoms with Gasteiger partial charge in [0.2, 0.25) is 0 Å². The lowest BCUT2D eigenvalue weighted by molar-refractivity contribution is 0.101.